The van der Waals surface area contributed by atoms with E-state index in [-0.39, 0.29) is 23.8 Å². The monoisotopic (exact) mass is 255 g/mol. The number of carboxylic acids is 1. The van der Waals surface area contributed by atoms with Crippen molar-refractivity contribution in [1.29, 1.82) is 0 Å². The fourth-order valence-electron chi connectivity index (χ4n) is 3.03. The lowest BCUT2D eigenvalue weighted by Gasteiger charge is -2.38. The van der Waals surface area contributed by atoms with E-state index in [1.165, 1.54) is 0 Å². The van der Waals surface area contributed by atoms with Gasteiger partial charge in [-0.25, -0.2) is 0 Å². The second-order valence-electron chi connectivity index (χ2n) is 6.59. The molecule has 1 amide bonds. The Bertz CT molecular complexity index is 325. The number of carboxylic acid groups (broad SMARTS) is 1. The van der Waals surface area contributed by atoms with E-state index in [4.69, 9.17) is 5.11 Å². The molecular weight excluding hydrogens is 230 g/mol. The Morgan fingerprint density at radius 1 is 1.39 bits per heavy atom. The first-order chi connectivity index (χ1) is 8.21. The summed E-state index contributed by atoms with van der Waals surface area (Å²) in [4.78, 5) is 22.7. The summed E-state index contributed by atoms with van der Waals surface area (Å²) in [6, 6.07) is 0. The highest BCUT2D eigenvalue weighted by molar-refractivity contribution is 5.79. The van der Waals surface area contributed by atoms with Gasteiger partial charge in [-0.2, -0.15) is 0 Å². The van der Waals surface area contributed by atoms with Crippen LogP contribution in [0, 0.1) is 23.2 Å². The Labute approximate surface area is 109 Å². The smallest absolute Gasteiger partial charge is 0.308 e. The van der Waals surface area contributed by atoms with Crippen molar-refractivity contribution in [3.63, 3.8) is 0 Å². The molecule has 18 heavy (non-hydrogen) atoms. The lowest BCUT2D eigenvalue weighted by molar-refractivity contribution is -0.141. The average Bonchev–Trinajstić information content (AvgIpc) is 2.22. The molecule has 0 aromatic heterocycles. The maximum atomic E-state index is 12.1. The van der Waals surface area contributed by atoms with Crippen molar-refractivity contribution >= 4 is 11.9 Å². The van der Waals surface area contributed by atoms with Crippen LogP contribution in [-0.2, 0) is 9.59 Å². The molecule has 1 fully saturated rings. The van der Waals surface area contributed by atoms with Crippen molar-refractivity contribution in [3.05, 3.63) is 0 Å². The third kappa shape index (κ3) is 4.31. The largest absolute Gasteiger partial charge is 0.481 e. The Morgan fingerprint density at radius 2 is 2.00 bits per heavy atom. The molecule has 0 aromatic carbocycles. The fraction of sp³-hybridized carbons (Fsp3) is 0.857. The molecule has 0 spiro atoms. The molecule has 4 nitrogen and oxygen atoms in total. The first kappa shape index (κ1) is 15.0. The van der Waals surface area contributed by atoms with Crippen LogP contribution in [0.25, 0.3) is 0 Å². The first-order valence-corrected chi connectivity index (χ1v) is 6.72. The van der Waals surface area contributed by atoms with Gasteiger partial charge in [-0.1, -0.05) is 27.7 Å². The van der Waals surface area contributed by atoms with Crippen LogP contribution in [0.3, 0.4) is 0 Å². The van der Waals surface area contributed by atoms with Gasteiger partial charge in [-0.05, 0) is 30.6 Å². The Morgan fingerprint density at radius 3 is 2.50 bits per heavy atom. The third-order valence-electron chi connectivity index (χ3n) is 3.76. The van der Waals surface area contributed by atoms with Crippen LogP contribution in [-0.4, -0.2) is 23.5 Å². The Hall–Kier alpha value is -1.06. The van der Waals surface area contributed by atoms with Gasteiger partial charge in [0.25, 0.3) is 0 Å². The van der Waals surface area contributed by atoms with Crippen molar-refractivity contribution in [2.24, 2.45) is 23.2 Å². The zero-order chi connectivity index (χ0) is 13.9. The second kappa shape index (κ2) is 5.72. The number of hydrogen-bond donors (Lipinski definition) is 2. The molecule has 1 rings (SSSR count). The van der Waals surface area contributed by atoms with Crippen LogP contribution < -0.4 is 5.32 Å². The van der Waals surface area contributed by atoms with E-state index in [1.807, 2.05) is 0 Å². The van der Waals surface area contributed by atoms with Crippen molar-refractivity contribution in [2.75, 3.05) is 6.54 Å². The zero-order valence-corrected chi connectivity index (χ0v) is 11.8. The summed E-state index contributed by atoms with van der Waals surface area (Å²) in [5.74, 6) is -0.788. The standard InChI is InChI=1S/C14H25NO3/c1-9-5-11(7-14(3,4)6-9)12(16)15-8-10(2)13(17)18/h9-11H,5-8H2,1-4H3,(H,15,16)(H,17,18). The molecule has 1 saturated carbocycles. The van der Waals surface area contributed by atoms with Crippen molar-refractivity contribution in [1.82, 2.24) is 5.32 Å². The van der Waals surface area contributed by atoms with Crippen LogP contribution in [0.15, 0.2) is 0 Å². The molecule has 0 saturated heterocycles. The van der Waals surface area contributed by atoms with Gasteiger partial charge in [0.1, 0.15) is 0 Å². The average molecular weight is 255 g/mol. The van der Waals surface area contributed by atoms with Gasteiger partial charge in [0.15, 0.2) is 0 Å². The summed E-state index contributed by atoms with van der Waals surface area (Å²) < 4.78 is 0. The predicted molar refractivity (Wildman–Crippen MR) is 70.1 cm³/mol. The summed E-state index contributed by atoms with van der Waals surface area (Å²) in [5, 5.41) is 11.6. The quantitative estimate of drug-likeness (QED) is 0.810. The number of amides is 1. The minimum Gasteiger partial charge on any atom is -0.481 e. The van der Waals surface area contributed by atoms with Gasteiger partial charge >= 0.3 is 5.97 Å². The van der Waals surface area contributed by atoms with Gasteiger partial charge in [-0.3, -0.25) is 9.59 Å². The summed E-state index contributed by atoms with van der Waals surface area (Å²) >= 11 is 0. The molecule has 2 N–H and O–H groups in total. The summed E-state index contributed by atoms with van der Waals surface area (Å²) in [6.45, 7) is 8.40. The highest BCUT2D eigenvalue weighted by Crippen LogP contribution is 2.41. The van der Waals surface area contributed by atoms with E-state index in [0.29, 0.717) is 5.92 Å². The molecule has 1 aliphatic rings. The van der Waals surface area contributed by atoms with Crippen molar-refractivity contribution in [2.45, 2.75) is 47.0 Å². The van der Waals surface area contributed by atoms with Crippen LogP contribution in [0.4, 0.5) is 0 Å². The Kier molecular flexibility index (Phi) is 4.77. The van der Waals surface area contributed by atoms with Crippen LogP contribution in [0.1, 0.15) is 47.0 Å². The lowest BCUT2D eigenvalue weighted by Crippen LogP contribution is -2.40. The van der Waals surface area contributed by atoms with E-state index < -0.39 is 11.9 Å². The molecule has 0 aromatic rings. The normalized spacial score (nSPS) is 28.4. The van der Waals surface area contributed by atoms with Gasteiger partial charge in [-0.15, -0.1) is 0 Å². The molecule has 0 radical (unpaired) electrons. The van der Waals surface area contributed by atoms with E-state index >= 15 is 0 Å². The second-order valence-corrected chi connectivity index (χ2v) is 6.59. The first-order valence-electron chi connectivity index (χ1n) is 6.72. The molecule has 1 aliphatic carbocycles. The highest BCUT2D eigenvalue weighted by Gasteiger charge is 2.35. The van der Waals surface area contributed by atoms with Gasteiger partial charge in [0.2, 0.25) is 5.91 Å². The fourth-order valence-corrected chi connectivity index (χ4v) is 3.03. The number of hydrogen-bond acceptors (Lipinski definition) is 2. The number of carbonyl (C=O) groups is 2. The third-order valence-corrected chi connectivity index (χ3v) is 3.76. The van der Waals surface area contributed by atoms with Crippen molar-refractivity contribution < 1.29 is 14.7 Å². The van der Waals surface area contributed by atoms with E-state index in [2.05, 4.69) is 26.1 Å². The molecule has 4 heteroatoms. The maximum Gasteiger partial charge on any atom is 0.308 e. The van der Waals surface area contributed by atoms with Crippen LogP contribution >= 0.6 is 0 Å². The molecular formula is C14H25NO3. The summed E-state index contributed by atoms with van der Waals surface area (Å²) in [6.07, 6.45) is 2.96. The van der Waals surface area contributed by atoms with Gasteiger partial charge in [0, 0.05) is 12.5 Å². The molecule has 0 aliphatic heterocycles. The van der Waals surface area contributed by atoms with E-state index in [9.17, 15) is 9.59 Å². The minimum atomic E-state index is -0.868. The Balaban J connectivity index is 2.49. The molecule has 104 valence electrons. The molecule has 0 bridgehead atoms. The maximum absolute atomic E-state index is 12.1. The number of aliphatic carboxylic acids is 1. The van der Waals surface area contributed by atoms with Crippen LogP contribution in [0.5, 0.6) is 0 Å². The number of rotatable bonds is 4. The molecule has 3 unspecified atom stereocenters. The topological polar surface area (TPSA) is 66.4 Å². The van der Waals surface area contributed by atoms with Crippen LogP contribution in [0.2, 0.25) is 0 Å². The number of carbonyl (C=O) groups excluding carboxylic acids is 1. The molecule has 0 heterocycles. The van der Waals surface area contributed by atoms with Gasteiger partial charge < -0.3 is 10.4 Å². The highest BCUT2D eigenvalue weighted by atomic mass is 16.4. The SMILES string of the molecule is CC1CC(C(=O)NCC(C)C(=O)O)CC(C)(C)C1. The predicted octanol–water partition coefficient (Wildman–Crippen LogP) is 2.29. The minimum absolute atomic E-state index is 0.0164. The number of nitrogens with one attached hydrogen (secondary N) is 1. The lowest BCUT2D eigenvalue weighted by atomic mass is 9.68. The van der Waals surface area contributed by atoms with E-state index in [0.717, 1.165) is 19.3 Å². The van der Waals surface area contributed by atoms with Gasteiger partial charge in [0.05, 0.1) is 5.92 Å². The summed E-state index contributed by atoms with van der Waals surface area (Å²) in [5.41, 5.74) is 0.206. The molecule has 3 atom stereocenters. The zero-order valence-electron chi connectivity index (χ0n) is 11.8. The van der Waals surface area contributed by atoms with Crippen molar-refractivity contribution in [3.8, 4) is 0 Å². The van der Waals surface area contributed by atoms with E-state index in [1.54, 1.807) is 6.92 Å². The summed E-state index contributed by atoms with van der Waals surface area (Å²) in [7, 11) is 0.